The number of hydrogen-bond acceptors (Lipinski definition) is 5. The maximum absolute atomic E-state index is 12.2. The number of nitrogens with zero attached hydrogens (tertiary/aromatic N) is 3. The minimum Gasteiger partial charge on any atom is -0.365 e. The van der Waals surface area contributed by atoms with E-state index in [4.69, 9.17) is 0 Å². The summed E-state index contributed by atoms with van der Waals surface area (Å²) in [6.45, 7) is 0.609. The van der Waals surface area contributed by atoms with Crippen molar-refractivity contribution >= 4 is 17.4 Å². The third kappa shape index (κ3) is 4.81. The van der Waals surface area contributed by atoms with Crippen molar-refractivity contribution in [3.63, 3.8) is 0 Å². The second-order valence-corrected chi connectivity index (χ2v) is 6.42. The van der Waals surface area contributed by atoms with Gasteiger partial charge < -0.3 is 10.6 Å². The second kappa shape index (κ2) is 8.75. The molecule has 0 aliphatic carbocycles. The number of anilines is 2. The largest absolute Gasteiger partial charge is 0.365 e. The van der Waals surface area contributed by atoms with Gasteiger partial charge in [-0.3, -0.25) is 9.78 Å². The molecule has 4 rings (SSSR count). The summed E-state index contributed by atoms with van der Waals surface area (Å²) >= 11 is 0. The molecule has 0 unspecified atom stereocenters. The van der Waals surface area contributed by atoms with Gasteiger partial charge >= 0.3 is 0 Å². The lowest BCUT2D eigenvalue weighted by Crippen LogP contribution is -2.14. The normalized spacial score (nSPS) is 10.3. The molecule has 0 aliphatic rings. The first kappa shape index (κ1) is 18.3. The molecule has 4 aromatic rings. The molecule has 0 aliphatic heterocycles. The second-order valence-electron chi connectivity index (χ2n) is 6.42. The van der Waals surface area contributed by atoms with Crippen molar-refractivity contribution in [3.8, 4) is 11.1 Å². The van der Waals surface area contributed by atoms with Crippen molar-refractivity contribution < 1.29 is 4.79 Å². The number of pyridine rings is 1. The van der Waals surface area contributed by atoms with E-state index in [0.717, 1.165) is 22.4 Å². The van der Waals surface area contributed by atoms with E-state index in [2.05, 4.69) is 50.1 Å². The maximum Gasteiger partial charge on any atom is 0.276 e. The highest BCUT2D eigenvalue weighted by Crippen LogP contribution is 2.18. The van der Waals surface area contributed by atoms with Gasteiger partial charge in [-0.1, -0.05) is 48.5 Å². The van der Waals surface area contributed by atoms with Gasteiger partial charge in [-0.15, -0.1) is 10.2 Å². The monoisotopic (exact) mass is 381 g/mol. The Balaban J connectivity index is 1.34. The Bertz CT molecular complexity index is 1070. The quantitative estimate of drug-likeness (QED) is 0.517. The number of carbonyl (C=O) groups excluding carboxylic acids is 1. The molecule has 1 amide bonds. The number of hydrogen-bond donors (Lipinski definition) is 2. The van der Waals surface area contributed by atoms with E-state index >= 15 is 0 Å². The fourth-order valence-corrected chi connectivity index (χ4v) is 2.81. The molecule has 142 valence electrons. The highest BCUT2D eigenvalue weighted by Gasteiger charge is 2.08. The van der Waals surface area contributed by atoms with Crippen LogP contribution in [0.1, 0.15) is 16.1 Å². The van der Waals surface area contributed by atoms with Gasteiger partial charge in [-0.25, -0.2) is 0 Å². The lowest BCUT2D eigenvalue weighted by atomic mass is 10.1. The van der Waals surface area contributed by atoms with Crippen molar-refractivity contribution in [1.82, 2.24) is 15.2 Å². The molecular formula is C23H19N5O. The first-order valence-corrected chi connectivity index (χ1v) is 9.21. The standard InChI is InChI=1S/C23H19N5O/c29-23(26-20-6-2-1-3-7-20)21-12-13-22(28-27-21)25-15-17-8-10-18(11-9-17)19-5-4-14-24-16-19/h1-14,16H,15H2,(H,25,28)(H,26,29). The van der Waals surface area contributed by atoms with Crippen molar-refractivity contribution in [1.29, 1.82) is 0 Å². The smallest absolute Gasteiger partial charge is 0.276 e. The van der Waals surface area contributed by atoms with E-state index < -0.39 is 0 Å². The fourth-order valence-electron chi connectivity index (χ4n) is 2.81. The first-order chi connectivity index (χ1) is 14.3. The Morgan fingerprint density at radius 2 is 1.62 bits per heavy atom. The molecular weight excluding hydrogens is 362 g/mol. The number of benzene rings is 2. The molecule has 2 heterocycles. The molecule has 29 heavy (non-hydrogen) atoms. The molecule has 0 spiro atoms. The van der Waals surface area contributed by atoms with E-state index in [1.807, 2.05) is 48.7 Å². The zero-order chi connectivity index (χ0) is 19.9. The van der Waals surface area contributed by atoms with Crippen molar-refractivity contribution in [3.05, 3.63) is 103 Å². The Morgan fingerprint density at radius 1 is 0.793 bits per heavy atom. The number of aromatic nitrogens is 3. The minimum absolute atomic E-state index is 0.264. The third-order valence-electron chi connectivity index (χ3n) is 4.35. The summed E-state index contributed by atoms with van der Waals surface area (Å²) in [6, 6.07) is 24.9. The summed E-state index contributed by atoms with van der Waals surface area (Å²) in [7, 11) is 0. The van der Waals surface area contributed by atoms with Crippen molar-refractivity contribution in [2.75, 3.05) is 10.6 Å². The Hall–Kier alpha value is -4.06. The summed E-state index contributed by atoms with van der Waals surface area (Å²) < 4.78 is 0. The van der Waals surface area contributed by atoms with E-state index in [1.54, 1.807) is 18.3 Å². The number of para-hydroxylation sites is 1. The molecule has 0 radical (unpaired) electrons. The average Bonchev–Trinajstić information content (AvgIpc) is 2.80. The average molecular weight is 381 g/mol. The SMILES string of the molecule is O=C(Nc1ccccc1)c1ccc(NCc2ccc(-c3cccnc3)cc2)nn1. The van der Waals surface area contributed by atoms with Crippen molar-refractivity contribution in [2.24, 2.45) is 0 Å². The molecule has 0 saturated carbocycles. The Morgan fingerprint density at radius 3 is 2.31 bits per heavy atom. The number of carbonyl (C=O) groups is 1. The summed E-state index contributed by atoms with van der Waals surface area (Å²) in [5, 5.41) is 14.1. The van der Waals surface area contributed by atoms with Crippen LogP contribution >= 0.6 is 0 Å². The van der Waals surface area contributed by atoms with Gasteiger partial charge in [0.1, 0.15) is 5.82 Å². The predicted octanol–water partition coefficient (Wildman–Crippen LogP) is 4.40. The highest BCUT2D eigenvalue weighted by molar-refractivity contribution is 6.02. The minimum atomic E-state index is -0.291. The Labute approximate surface area is 168 Å². The van der Waals surface area contributed by atoms with E-state index in [-0.39, 0.29) is 11.6 Å². The van der Waals surface area contributed by atoms with Crippen LogP contribution in [0.4, 0.5) is 11.5 Å². The molecule has 0 bridgehead atoms. The lowest BCUT2D eigenvalue weighted by molar-refractivity contribution is 0.102. The zero-order valence-electron chi connectivity index (χ0n) is 15.6. The van der Waals surface area contributed by atoms with Gasteiger partial charge in [-0.2, -0.15) is 0 Å². The topological polar surface area (TPSA) is 79.8 Å². The zero-order valence-corrected chi connectivity index (χ0v) is 15.6. The van der Waals surface area contributed by atoms with Crippen LogP contribution in [0.5, 0.6) is 0 Å². The molecule has 2 N–H and O–H groups in total. The van der Waals surface area contributed by atoms with E-state index in [0.29, 0.717) is 12.4 Å². The van der Waals surface area contributed by atoms with Gasteiger partial charge in [0.25, 0.3) is 5.91 Å². The number of rotatable bonds is 6. The maximum atomic E-state index is 12.2. The van der Waals surface area contributed by atoms with Crippen molar-refractivity contribution in [2.45, 2.75) is 6.54 Å². The van der Waals surface area contributed by atoms with E-state index in [9.17, 15) is 4.79 Å². The molecule has 0 fully saturated rings. The van der Waals surface area contributed by atoms with Crippen LogP contribution in [0.25, 0.3) is 11.1 Å². The summed E-state index contributed by atoms with van der Waals surface area (Å²) in [5.74, 6) is 0.318. The van der Waals surface area contributed by atoms with Crippen LogP contribution in [0.3, 0.4) is 0 Å². The molecule has 2 aromatic heterocycles. The first-order valence-electron chi connectivity index (χ1n) is 9.21. The molecule has 0 saturated heterocycles. The van der Waals surface area contributed by atoms with E-state index in [1.165, 1.54) is 0 Å². The predicted molar refractivity (Wildman–Crippen MR) is 113 cm³/mol. The van der Waals surface area contributed by atoms with Crippen LogP contribution in [-0.4, -0.2) is 21.1 Å². The third-order valence-corrected chi connectivity index (χ3v) is 4.35. The lowest BCUT2D eigenvalue weighted by Gasteiger charge is -2.08. The highest BCUT2D eigenvalue weighted by atomic mass is 16.1. The van der Waals surface area contributed by atoms with Crippen LogP contribution in [-0.2, 0) is 6.54 Å². The van der Waals surface area contributed by atoms with Gasteiger partial charge in [0.2, 0.25) is 0 Å². The van der Waals surface area contributed by atoms with Gasteiger partial charge in [0.15, 0.2) is 5.69 Å². The molecule has 0 atom stereocenters. The van der Waals surface area contributed by atoms with Crippen LogP contribution in [0.2, 0.25) is 0 Å². The van der Waals surface area contributed by atoms with Gasteiger partial charge in [0, 0.05) is 24.6 Å². The summed E-state index contributed by atoms with van der Waals surface area (Å²) in [5.41, 5.74) is 4.31. The van der Waals surface area contributed by atoms with Gasteiger partial charge in [0.05, 0.1) is 0 Å². The van der Waals surface area contributed by atoms with Gasteiger partial charge in [-0.05, 0) is 47.0 Å². The molecule has 2 aromatic carbocycles. The summed E-state index contributed by atoms with van der Waals surface area (Å²) in [6.07, 6.45) is 3.61. The van der Waals surface area contributed by atoms with Crippen LogP contribution < -0.4 is 10.6 Å². The summed E-state index contributed by atoms with van der Waals surface area (Å²) in [4.78, 5) is 16.4. The number of amides is 1. The molecule has 6 heteroatoms. The van der Waals surface area contributed by atoms with Crippen LogP contribution in [0.15, 0.2) is 91.3 Å². The number of nitrogens with one attached hydrogen (secondary N) is 2. The Kier molecular flexibility index (Phi) is 5.53. The molecule has 6 nitrogen and oxygen atoms in total. The fraction of sp³-hybridized carbons (Fsp3) is 0.0435. The van der Waals surface area contributed by atoms with Crippen LogP contribution in [0, 0.1) is 0 Å².